The monoisotopic (exact) mass is 724 g/mol. The van der Waals surface area contributed by atoms with Crippen LogP contribution in [0.25, 0.3) is 22.0 Å². The van der Waals surface area contributed by atoms with Gasteiger partial charge in [-0.05, 0) is 72.7 Å². The summed E-state index contributed by atoms with van der Waals surface area (Å²) >= 11 is 0. The zero-order chi connectivity index (χ0) is 37.5. The van der Waals surface area contributed by atoms with E-state index in [4.69, 9.17) is 14.2 Å². The fourth-order valence-electron chi connectivity index (χ4n) is 7.39. The third-order valence-corrected chi connectivity index (χ3v) is 10.1. The molecule has 13 heteroatoms. The van der Waals surface area contributed by atoms with Gasteiger partial charge in [0.15, 0.2) is 11.5 Å². The van der Waals surface area contributed by atoms with Gasteiger partial charge in [0.2, 0.25) is 23.0 Å². The lowest BCUT2D eigenvalue weighted by Crippen LogP contribution is -2.48. The lowest BCUT2D eigenvalue weighted by Gasteiger charge is -2.34. The minimum atomic E-state index is -0.378. The van der Waals surface area contributed by atoms with Gasteiger partial charge in [0.1, 0.15) is 5.82 Å². The van der Waals surface area contributed by atoms with E-state index >= 15 is 0 Å². The predicted octanol–water partition coefficient (Wildman–Crippen LogP) is 4.42. The molecule has 13 nitrogen and oxygen atoms in total. The highest BCUT2D eigenvalue weighted by atomic mass is 16.5. The molecule has 1 saturated heterocycles. The third kappa shape index (κ3) is 8.46. The standard InChI is InChI=1S/C40H48N6O7/c1-25(47)42-31-15-13-26-22-34(51-2)38(52-3)39(53-4)37(26)27-14-16-32(33(48)23-29(27)31)41-17-9-5-6-12-36(49)46-20-18-45(19-21-46)24-35-43-30-11-8-7-10-28(30)40(50)44-35/h7-8,10-11,14,16,22-23,31H,5-6,9,12-13,15,17-21,24H2,1-4H3,(H,41,48)(H,42,47)(H,43,44,50). The number of piperazine rings is 1. The quantitative estimate of drug-likeness (QED) is 0.169. The van der Waals surface area contributed by atoms with Gasteiger partial charge >= 0.3 is 0 Å². The molecule has 3 N–H and O–H groups in total. The molecule has 280 valence electrons. The molecule has 0 spiro atoms. The summed E-state index contributed by atoms with van der Waals surface area (Å²) in [5.74, 6) is 2.11. The van der Waals surface area contributed by atoms with Crippen LogP contribution < -0.4 is 35.8 Å². The van der Waals surface area contributed by atoms with E-state index in [9.17, 15) is 19.2 Å². The average molecular weight is 725 g/mol. The number of H-pyrrole nitrogens is 1. The van der Waals surface area contributed by atoms with Crippen molar-refractivity contribution in [2.45, 2.75) is 58.0 Å². The van der Waals surface area contributed by atoms with Gasteiger partial charge in [-0.3, -0.25) is 24.1 Å². The van der Waals surface area contributed by atoms with Crippen LogP contribution in [-0.4, -0.2) is 85.6 Å². The predicted molar refractivity (Wildman–Crippen MR) is 204 cm³/mol. The van der Waals surface area contributed by atoms with Crippen LogP contribution in [0.4, 0.5) is 5.69 Å². The minimum Gasteiger partial charge on any atom is -0.493 e. The summed E-state index contributed by atoms with van der Waals surface area (Å²) in [5, 5.41) is 6.92. The van der Waals surface area contributed by atoms with Crippen LogP contribution in [-0.2, 0) is 22.6 Å². The van der Waals surface area contributed by atoms with Crippen molar-refractivity contribution in [3.63, 3.8) is 0 Å². The number of aromatic amines is 1. The molecule has 3 aromatic carbocycles. The van der Waals surface area contributed by atoms with Crippen molar-refractivity contribution in [3.8, 4) is 28.4 Å². The van der Waals surface area contributed by atoms with Crippen molar-refractivity contribution in [3.05, 3.63) is 86.1 Å². The second-order valence-electron chi connectivity index (χ2n) is 13.5. The number of hydrogen-bond acceptors (Lipinski definition) is 10. The number of aromatic nitrogens is 2. The summed E-state index contributed by atoms with van der Waals surface area (Å²) in [4.78, 5) is 62.8. The number of rotatable bonds is 13. The Hall–Kier alpha value is -5.43. The van der Waals surface area contributed by atoms with E-state index in [1.165, 1.54) is 6.92 Å². The molecule has 0 bridgehead atoms. The maximum atomic E-state index is 13.6. The summed E-state index contributed by atoms with van der Waals surface area (Å²) in [7, 11) is 4.71. The molecule has 0 saturated carbocycles. The van der Waals surface area contributed by atoms with Crippen LogP contribution in [0.3, 0.4) is 0 Å². The zero-order valence-electron chi connectivity index (χ0n) is 30.9. The highest BCUT2D eigenvalue weighted by molar-refractivity contribution is 5.84. The van der Waals surface area contributed by atoms with Gasteiger partial charge < -0.3 is 34.7 Å². The number of fused-ring (bicyclic) bond motifs is 4. The highest BCUT2D eigenvalue weighted by Crippen LogP contribution is 2.50. The first-order chi connectivity index (χ1) is 25.7. The maximum absolute atomic E-state index is 13.6. The van der Waals surface area contributed by atoms with Crippen LogP contribution >= 0.6 is 0 Å². The Bertz CT molecular complexity index is 2090. The molecule has 2 aliphatic rings. The Labute approximate surface area is 308 Å². The van der Waals surface area contributed by atoms with Crippen LogP contribution in [0.5, 0.6) is 17.2 Å². The number of para-hydroxylation sites is 1. The first-order valence-electron chi connectivity index (χ1n) is 18.2. The molecule has 1 aliphatic heterocycles. The zero-order valence-corrected chi connectivity index (χ0v) is 30.9. The molecule has 4 aromatic rings. The number of benzene rings is 2. The van der Waals surface area contributed by atoms with E-state index in [0.29, 0.717) is 104 Å². The van der Waals surface area contributed by atoms with Crippen molar-refractivity contribution in [1.82, 2.24) is 25.1 Å². The molecule has 2 amide bonds. The second-order valence-corrected chi connectivity index (χ2v) is 13.5. The summed E-state index contributed by atoms with van der Waals surface area (Å²) in [5.41, 5.74) is 4.08. The van der Waals surface area contributed by atoms with E-state index in [-0.39, 0.29) is 28.8 Å². The molecule has 53 heavy (non-hydrogen) atoms. The van der Waals surface area contributed by atoms with E-state index in [0.717, 1.165) is 36.0 Å². The number of carbonyl (C=O) groups is 2. The van der Waals surface area contributed by atoms with Gasteiger partial charge in [-0.1, -0.05) is 24.6 Å². The molecular weight excluding hydrogens is 676 g/mol. The molecule has 1 unspecified atom stereocenters. The molecule has 1 atom stereocenters. The lowest BCUT2D eigenvalue weighted by molar-refractivity contribution is -0.133. The number of nitrogens with zero attached hydrogens (tertiary/aromatic N) is 3. The molecule has 2 heterocycles. The summed E-state index contributed by atoms with van der Waals surface area (Å²) in [6.07, 6.45) is 4.06. The normalized spacial score (nSPS) is 15.5. The van der Waals surface area contributed by atoms with Gasteiger partial charge in [0, 0.05) is 51.6 Å². The Kier molecular flexibility index (Phi) is 11.9. The minimum absolute atomic E-state index is 0.137. The van der Waals surface area contributed by atoms with Crippen LogP contribution in [0.2, 0.25) is 0 Å². The Morgan fingerprint density at radius 3 is 2.43 bits per heavy atom. The van der Waals surface area contributed by atoms with Gasteiger partial charge in [-0.15, -0.1) is 0 Å². The summed E-state index contributed by atoms with van der Waals surface area (Å²) < 4.78 is 17.2. The van der Waals surface area contributed by atoms with Crippen molar-refractivity contribution in [1.29, 1.82) is 0 Å². The van der Waals surface area contributed by atoms with Crippen LogP contribution in [0, 0.1) is 0 Å². The molecule has 6 rings (SSSR count). The van der Waals surface area contributed by atoms with Crippen molar-refractivity contribution in [2.75, 3.05) is 59.4 Å². The SMILES string of the molecule is COc1cc2c(c(OC)c1OC)-c1ccc(NCCCCCC(=O)N3CCN(Cc4nc5ccccc5c(=O)[nH]4)CC3)c(=O)cc1C(NC(C)=O)CC2. The molecular formula is C40H48N6O7. The number of aryl methyl sites for hydroxylation is 1. The van der Waals surface area contributed by atoms with E-state index < -0.39 is 0 Å². The maximum Gasteiger partial charge on any atom is 0.258 e. The number of methoxy groups -OCH3 is 3. The molecule has 1 aliphatic carbocycles. The van der Waals surface area contributed by atoms with E-state index in [1.54, 1.807) is 39.5 Å². The smallest absolute Gasteiger partial charge is 0.258 e. The van der Waals surface area contributed by atoms with Gasteiger partial charge in [-0.2, -0.15) is 0 Å². The number of anilines is 1. The number of unbranched alkanes of at least 4 members (excludes halogenated alkanes) is 2. The number of amides is 2. The first-order valence-corrected chi connectivity index (χ1v) is 18.2. The van der Waals surface area contributed by atoms with Crippen LogP contribution in [0.15, 0.2) is 58.1 Å². The van der Waals surface area contributed by atoms with Gasteiger partial charge in [-0.25, -0.2) is 4.98 Å². The Morgan fingerprint density at radius 2 is 1.70 bits per heavy atom. The van der Waals surface area contributed by atoms with Gasteiger partial charge in [0.25, 0.3) is 5.56 Å². The number of hydrogen-bond donors (Lipinski definition) is 3. The lowest BCUT2D eigenvalue weighted by atomic mass is 9.95. The topological polar surface area (TPSA) is 155 Å². The fraction of sp³-hybridized carbons (Fsp3) is 0.425. The van der Waals surface area contributed by atoms with Crippen molar-refractivity contribution >= 4 is 28.4 Å². The Morgan fingerprint density at radius 1 is 0.925 bits per heavy atom. The average Bonchev–Trinajstić information content (AvgIpc) is 3.40. The Balaban J connectivity index is 1.03. The van der Waals surface area contributed by atoms with Gasteiger partial charge in [0.05, 0.1) is 50.5 Å². The van der Waals surface area contributed by atoms with Crippen molar-refractivity contribution in [2.24, 2.45) is 0 Å². The number of nitrogens with one attached hydrogen (secondary N) is 3. The third-order valence-electron chi connectivity index (χ3n) is 10.1. The highest BCUT2D eigenvalue weighted by Gasteiger charge is 2.29. The van der Waals surface area contributed by atoms with Crippen molar-refractivity contribution < 1.29 is 23.8 Å². The fourth-order valence-corrected chi connectivity index (χ4v) is 7.39. The first kappa shape index (κ1) is 37.3. The van der Waals surface area contributed by atoms with Crippen LogP contribution in [0.1, 0.15) is 62.0 Å². The largest absolute Gasteiger partial charge is 0.493 e. The second kappa shape index (κ2) is 16.9. The number of ether oxygens (including phenoxy) is 3. The summed E-state index contributed by atoms with van der Waals surface area (Å²) in [6, 6.07) is 14.2. The summed E-state index contributed by atoms with van der Waals surface area (Å²) in [6.45, 7) is 5.28. The number of carbonyl (C=O) groups excluding carboxylic acids is 2. The molecule has 1 fully saturated rings. The van der Waals surface area contributed by atoms with E-state index in [2.05, 4.69) is 25.5 Å². The molecule has 0 radical (unpaired) electrons. The molecule has 1 aromatic heterocycles. The van der Waals surface area contributed by atoms with E-state index in [1.807, 2.05) is 35.2 Å².